The Kier molecular flexibility index (Phi) is 5.69. The van der Waals surface area contributed by atoms with E-state index >= 15 is 0 Å². The molecule has 18 heavy (non-hydrogen) atoms. The highest BCUT2D eigenvalue weighted by molar-refractivity contribution is 6.39. The number of anilines is 1. The number of nitrogens with zero attached hydrogens (tertiary/aromatic N) is 1. The van der Waals surface area contributed by atoms with E-state index in [9.17, 15) is 10.1 Å². The topological polar surface area (TPSA) is 55.2 Å². The van der Waals surface area contributed by atoms with Crippen molar-refractivity contribution in [3.05, 3.63) is 32.3 Å². The first-order chi connectivity index (χ1) is 8.45. The first-order valence-corrected chi connectivity index (χ1v) is 6.61. The molecule has 0 spiro atoms. The van der Waals surface area contributed by atoms with E-state index in [0.717, 1.165) is 19.3 Å². The van der Waals surface area contributed by atoms with Crippen molar-refractivity contribution < 1.29 is 4.92 Å². The number of halogens is 2. The number of nitro groups is 1. The van der Waals surface area contributed by atoms with Crippen molar-refractivity contribution in [3.63, 3.8) is 0 Å². The molecule has 0 aliphatic carbocycles. The van der Waals surface area contributed by atoms with E-state index < -0.39 is 4.92 Å². The number of benzene rings is 1. The van der Waals surface area contributed by atoms with Crippen molar-refractivity contribution in [1.82, 2.24) is 0 Å². The Morgan fingerprint density at radius 1 is 1.39 bits per heavy atom. The summed E-state index contributed by atoms with van der Waals surface area (Å²) >= 11 is 12.0. The molecule has 1 aromatic rings. The van der Waals surface area contributed by atoms with Gasteiger partial charge in [0.2, 0.25) is 0 Å². The van der Waals surface area contributed by atoms with Crippen molar-refractivity contribution in [2.75, 3.05) is 5.32 Å². The minimum Gasteiger partial charge on any atom is -0.380 e. The lowest BCUT2D eigenvalue weighted by Crippen LogP contribution is -2.15. The monoisotopic (exact) mass is 290 g/mol. The van der Waals surface area contributed by atoms with Crippen LogP contribution in [0.3, 0.4) is 0 Å². The van der Waals surface area contributed by atoms with Gasteiger partial charge in [-0.15, -0.1) is 0 Å². The second kappa shape index (κ2) is 6.81. The summed E-state index contributed by atoms with van der Waals surface area (Å²) in [6.07, 6.45) is 3.23. The van der Waals surface area contributed by atoms with Crippen LogP contribution in [-0.4, -0.2) is 11.0 Å². The molecule has 100 valence electrons. The van der Waals surface area contributed by atoms with Gasteiger partial charge in [-0.1, -0.05) is 43.0 Å². The van der Waals surface area contributed by atoms with E-state index in [0.29, 0.717) is 5.69 Å². The standard InChI is InChI=1S/C12H16Cl2N2O2/c1-3-4-5-8(2)15-12-10(13)6-9(16(17)18)7-11(12)14/h6-8,15H,3-5H2,1-2H3. The summed E-state index contributed by atoms with van der Waals surface area (Å²) in [5, 5.41) is 14.4. The van der Waals surface area contributed by atoms with Crippen LogP contribution in [-0.2, 0) is 0 Å². The molecule has 1 atom stereocenters. The number of rotatable bonds is 6. The maximum atomic E-state index is 10.6. The molecule has 1 aromatic carbocycles. The highest BCUT2D eigenvalue weighted by atomic mass is 35.5. The number of nitro benzene ring substituents is 1. The van der Waals surface area contributed by atoms with Crippen molar-refractivity contribution in [3.8, 4) is 0 Å². The quantitative estimate of drug-likeness (QED) is 0.599. The van der Waals surface area contributed by atoms with Gasteiger partial charge in [-0.3, -0.25) is 10.1 Å². The molecule has 1 rings (SSSR count). The van der Waals surface area contributed by atoms with Gasteiger partial charge in [-0.05, 0) is 13.3 Å². The number of hydrogen-bond donors (Lipinski definition) is 1. The van der Waals surface area contributed by atoms with Crippen LogP contribution in [0.15, 0.2) is 12.1 Å². The average Bonchev–Trinajstić information content (AvgIpc) is 2.30. The SMILES string of the molecule is CCCCC(C)Nc1c(Cl)cc([N+](=O)[O-])cc1Cl. The fourth-order valence-electron chi connectivity index (χ4n) is 1.63. The summed E-state index contributed by atoms with van der Waals surface area (Å²) in [5.41, 5.74) is 0.462. The molecule has 0 saturated carbocycles. The van der Waals surface area contributed by atoms with E-state index in [1.807, 2.05) is 6.92 Å². The Hall–Kier alpha value is -1.00. The van der Waals surface area contributed by atoms with Gasteiger partial charge in [0.05, 0.1) is 20.7 Å². The number of hydrogen-bond acceptors (Lipinski definition) is 3. The van der Waals surface area contributed by atoms with Crippen molar-refractivity contribution in [2.24, 2.45) is 0 Å². The van der Waals surface area contributed by atoms with Crippen LogP contribution < -0.4 is 5.32 Å². The van der Waals surface area contributed by atoms with Crippen LogP contribution in [0.2, 0.25) is 10.0 Å². The predicted molar refractivity (Wildman–Crippen MR) is 75.7 cm³/mol. The minimum atomic E-state index is -0.512. The molecular formula is C12H16Cl2N2O2. The van der Waals surface area contributed by atoms with Gasteiger partial charge >= 0.3 is 0 Å². The molecule has 4 nitrogen and oxygen atoms in total. The van der Waals surface area contributed by atoms with Crippen LogP contribution >= 0.6 is 23.2 Å². The Bertz CT molecular complexity index is 415. The zero-order valence-corrected chi connectivity index (χ0v) is 11.9. The summed E-state index contributed by atoms with van der Waals surface area (Å²) in [4.78, 5) is 10.1. The van der Waals surface area contributed by atoms with Gasteiger partial charge in [0.1, 0.15) is 0 Å². The van der Waals surface area contributed by atoms with E-state index in [1.54, 1.807) is 0 Å². The van der Waals surface area contributed by atoms with Crippen LogP contribution in [0.25, 0.3) is 0 Å². The number of non-ortho nitro benzene ring substituents is 1. The lowest BCUT2D eigenvalue weighted by molar-refractivity contribution is -0.384. The predicted octanol–water partition coefficient (Wildman–Crippen LogP) is 4.89. The second-order valence-corrected chi connectivity index (χ2v) is 5.04. The largest absolute Gasteiger partial charge is 0.380 e. The van der Waals surface area contributed by atoms with Gasteiger partial charge in [0.25, 0.3) is 5.69 Å². The lowest BCUT2D eigenvalue weighted by atomic mass is 10.1. The maximum Gasteiger partial charge on any atom is 0.272 e. The Morgan fingerprint density at radius 2 is 1.94 bits per heavy atom. The Balaban J connectivity index is 2.86. The van der Waals surface area contributed by atoms with Gasteiger partial charge in [0.15, 0.2) is 0 Å². The molecule has 1 unspecified atom stereocenters. The average molecular weight is 291 g/mol. The summed E-state index contributed by atoms with van der Waals surface area (Å²) in [7, 11) is 0. The van der Waals surface area contributed by atoms with Crippen LogP contribution in [0.1, 0.15) is 33.1 Å². The maximum absolute atomic E-state index is 10.6. The van der Waals surface area contributed by atoms with Gasteiger partial charge < -0.3 is 5.32 Å². The molecule has 0 saturated heterocycles. The van der Waals surface area contributed by atoms with Crippen molar-refractivity contribution >= 4 is 34.6 Å². The summed E-state index contributed by atoms with van der Waals surface area (Å²) in [5.74, 6) is 0. The molecular weight excluding hydrogens is 275 g/mol. The first-order valence-electron chi connectivity index (χ1n) is 5.85. The molecule has 6 heteroatoms. The zero-order valence-electron chi connectivity index (χ0n) is 10.4. The Morgan fingerprint density at radius 3 is 2.39 bits per heavy atom. The minimum absolute atomic E-state index is 0.100. The van der Waals surface area contributed by atoms with Gasteiger partial charge in [-0.2, -0.15) is 0 Å². The molecule has 0 aliphatic rings. The smallest absolute Gasteiger partial charge is 0.272 e. The molecule has 0 aliphatic heterocycles. The van der Waals surface area contributed by atoms with Crippen LogP contribution in [0, 0.1) is 10.1 Å². The molecule has 0 fully saturated rings. The van der Waals surface area contributed by atoms with Crippen LogP contribution in [0.5, 0.6) is 0 Å². The fourth-order valence-corrected chi connectivity index (χ4v) is 2.22. The molecule has 0 aromatic heterocycles. The number of unbranched alkanes of at least 4 members (excludes halogenated alkanes) is 1. The third-order valence-corrected chi connectivity index (χ3v) is 3.22. The van der Waals surface area contributed by atoms with Crippen molar-refractivity contribution in [1.29, 1.82) is 0 Å². The fraction of sp³-hybridized carbons (Fsp3) is 0.500. The van der Waals surface area contributed by atoms with Gasteiger partial charge in [-0.25, -0.2) is 0 Å². The van der Waals surface area contributed by atoms with Crippen molar-refractivity contribution in [2.45, 2.75) is 39.2 Å². The summed E-state index contributed by atoms with van der Waals surface area (Å²) in [6.45, 7) is 4.16. The second-order valence-electron chi connectivity index (χ2n) is 4.23. The van der Waals surface area contributed by atoms with E-state index in [-0.39, 0.29) is 21.8 Å². The number of nitrogens with one attached hydrogen (secondary N) is 1. The van der Waals surface area contributed by atoms with Gasteiger partial charge in [0, 0.05) is 18.2 Å². The van der Waals surface area contributed by atoms with E-state index in [1.165, 1.54) is 12.1 Å². The lowest BCUT2D eigenvalue weighted by Gasteiger charge is -2.17. The molecule has 1 N–H and O–H groups in total. The van der Waals surface area contributed by atoms with E-state index in [4.69, 9.17) is 23.2 Å². The first kappa shape index (κ1) is 15.1. The Labute approximate surface area is 116 Å². The molecule has 0 heterocycles. The molecule has 0 amide bonds. The zero-order chi connectivity index (χ0) is 13.7. The molecule has 0 bridgehead atoms. The van der Waals surface area contributed by atoms with Crippen LogP contribution in [0.4, 0.5) is 11.4 Å². The molecule has 0 radical (unpaired) electrons. The normalized spacial score (nSPS) is 12.2. The highest BCUT2D eigenvalue weighted by Crippen LogP contribution is 2.35. The van der Waals surface area contributed by atoms with E-state index in [2.05, 4.69) is 12.2 Å². The summed E-state index contributed by atoms with van der Waals surface area (Å²) in [6, 6.07) is 2.84. The summed E-state index contributed by atoms with van der Waals surface area (Å²) < 4.78 is 0. The third-order valence-electron chi connectivity index (χ3n) is 2.62. The highest BCUT2D eigenvalue weighted by Gasteiger charge is 2.15. The third kappa shape index (κ3) is 4.03.